The summed E-state index contributed by atoms with van der Waals surface area (Å²) in [6.45, 7) is 0. The Morgan fingerprint density at radius 3 is 3.00 bits per heavy atom. The largest absolute Gasteiger partial charge is 0.398 e. The van der Waals surface area contributed by atoms with Gasteiger partial charge < -0.3 is 5.73 Å². The zero-order valence-electron chi connectivity index (χ0n) is 9.36. The average Bonchev–Trinajstić information content (AvgIpc) is 2.74. The molecule has 17 heavy (non-hydrogen) atoms. The van der Waals surface area contributed by atoms with Crippen LogP contribution in [0.2, 0.25) is 0 Å². The molecule has 3 heteroatoms. The van der Waals surface area contributed by atoms with Crippen LogP contribution in [-0.2, 0) is 6.42 Å². The van der Waals surface area contributed by atoms with Gasteiger partial charge in [0, 0.05) is 17.8 Å². The van der Waals surface area contributed by atoms with Gasteiger partial charge in [-0.2, -0.15) is 4.39 Å². The van der Waals surface area contributed by atoms with Crippen molar-refractivity contribution < 1.29 is 4.39 Å². The topological polar surface area (TPSA) is 38.9 Å². The minimum absolute atomic E-state index is 0.256. The predicted octanol–water partition coefficient (Wildman–Crippen LogP) is 2.88. The third-order valence-corrected chi connectivity index (χ3v) is 3.46. The fourth-order valence-corrected chi connectivity index (χ4v) is 2.66. The van der Waals surface area contributed by atoms with Crippen molar-refractivity contribution in [1.29, 1.82) is 0 Å². The van der Waals surface area contributed by atoms with Crippen LogP contribution < -0.4 is 5.73 Å². The lowest BCUT2D eigenvalue weighted by Crippen LogP contribution is -1.98. The Morgan fingerprint density at radius 2 is 2.18 bits per heavy atom. The van der Waals surface area contributed by atoms with Crippen molar-refractivity contribution in [3.8, 4) is 0 Å². The molecule has 0 bridgehead atoms. The molecular weight excluding hydrogens is 215 g/mol. The van der Waals surface area contributed by atoms with Crippen molar-refractivity contribution in [3.63, 3.8) is 0 Å². The smallest absolute Gasteiger partial charge is 0.213 e. The normalized spacial score (nSPS) is 18.1. The number of aromatic nitrogens is 1. The summed E-state index contributed by atoms with van der Waals surface area (Å²) >= 11 is 0. The first-order valence-electron chi connectivity index (χ1n) is 5.74. The molecule has 2 aromatic rings. The molecule has 1 unspecified atom stereocenters. The maximum atomic E-state index is 13.1. The van der Waals surface area contributed by atoms with Crippen LogP contribution in [-0.4, -0.2) is 4.98 Å². The van der Waals surface area contributed by atoms with Gasteiger partial charge in [0.1, 0.15) is 0 Å². The molecule has 1 heterocycles. The Labute approximate surface area is 99.3 Å². The maximum absolute atomic E-state index is 13.1. The van der Waals surface area contributed by atoms with Crippen LogP contribution in [0, 0.1) is 5.95 Å². The van der Waals surface area contributed by atoms with Crippen molar-refractivity contribution in [3.05, 3.63) is 59.2 Å². The van der Waals surface area contributed by atoms with Crippen LogP contribution in [0.4, 0.5) is 10.1 Å². The van der Waals surface area contributed by atoms with Crippen molar-refractivity contribution in [2.75, 3.05) is 5.73 Å². The number of fused-ring (bicyclic) bond motifs is 1. The molecule has 0 aliphatic heterocycles. The number of anilines is 1. The lowest BCUT2D eigenvalue weighted by Gasteiger charge is -2.12. The summed E-state index contributed by atoms with van der Waals surface area (Å²) in [5, 5.41) is 0. The lowest BCUT2D eigenvalue weighted by molar-refractivity contribution is 0.579. The van der Waals surface area contributed by atoms with Gasteiger partial charge in [-0.1, -0.05) is 12.1 Å². The molecule has 1 aromatic carbocycles. The minimum atomic E-state index is -0.417. The number of nitrogen functional groups attached to an aromatic ring is 1. The number of hydrogen-bond acceptors (Lipinski definition) is 2. The van der Waals surface area contributed by atoms with E-state index in [9.17, 15) is 4.39 Å². The Balaban J connectivity index is 2.07. The molecule has 2 nitrogen and oxygen atoms in total. The maximum Gasteiger partial charge on any atom is 0.213 e. The van der Waals surface area contributed by atoms with Crippen LogP contribution in [0.3, 0.4) is 0 Å². The summed E-state index contributed by atoms with van der Waals surface area (Å²) in [6.07, 6.45) is 3.48. The minimum Gasteiger partial charge on any atom is -0.398 e. The molecule has 0 amide bonds. The second-order valence-electron chi connectivity index (χ2n) is 4.42. The highest BCUT2D eigenvalue weighted by Crippen LogP contribution is 2.40. The lowest BCUT2D eigenvalue weighted by atomic mass is 9.93. The number of rotatable bonds is 1. The van der Waals surface area contributed by atoms with E-state index in [4.69, 9.17) is 5.73 Å². The van der Waals surface area contributed by atoms with Crippen molar-refractivity contribution >= 4 is 5.69 Å². The summed E-state index contributed by atoms with van der Waals surface area (Å²) < 4.78 is 13.1. The number of hydrogen-bond donors (Lipinski definition) is 1. The van der Waals surface area contributed by atoms with Crippen LogP contribution in [0.15, 0.2) is 36.5 Å². The number of pyridine rings is 1. The molecule has 86 valence electrons. The average molecular weight is 228 g/mol. The summed E-state index contributed by atoms with van der Waals surface area (Å²) in [5.74, 6) is -0.161. The van der Waals surface area contributed by atoms with Gasteiger partial charge in [0.2, 0.25) is 5.95 Å². The number of benzene rings is 1. The number of nitrogens with two attached hydrogens (primary N) is 1. The predicted molar refractivity (Wildman–Crippen MR) is 65.2 cm³/mol. The van der Waals surface area contributed by atoms with Crippen LogP contribution in [0.1, 0.15) is 29.0 Å². The Kier molecular flexibility index (Phi) is 2.32. The van der Waals surface area contributed by atoms with E-state index in [1.807, 2.05) is 18.2 Å². The van der Waals surface area contributed by atoms with Crippen LogP contribution in [0.25, 0.3) is 0 Å². The van der Waals surface area contributed by atoms with E-state index in [1.165, 1.54) is 23.4 Å². The number of nitrogens with zero attached hydrogens (tertiary/aromatic N) is 1. The molecule has 0 saturated carbocycles. The van der Waals surface area contributed by atoms with E-state index >= 15 is 0 Å². The van der Waals surface area contributed by atoms with Gasteiger partial charge >= 0.3 is 0 Å². The van der Waals surface area contributed by atoms with E-state index < -0.39 is 5.95 Å². The van der Waals surface area contributed by atoms with Gasteiger partial charge in [0.05, 0.1) is 0 Å². The third-order valence-electron chi connectivity index (χ3n) is 3.46. The van der Waals surface area contributed by atoms with Crippen LogP contribution >= 0.6 is 0 Å². The Bertz CT molecular complexity index is 566. The first-order chi connectivity index (χ1) is 8.25. The fourth-order valence-electron chi connectivity index (χ4n) is 2.66. The van der Waals surface area contributed by atoms with Gasteiger partial charge in [-0.15, -0.1) is 0 Å². The van der Waals surface area contributed by atoms with Gasteiger partial charge in [0.25, 0.3) is 0 Å². The van der Waals surface area contributed by atoms with E-state index in [2.05, 4.69) is 11.1 Å². The molecule has 1 aliphatic rings. The van der Waals surface area contributed by atoms with Gasteiger partial charge in [0.15, 0.2) is 0 Å². The monoisotopic (exact) mass is 228 g/mol. The first-order valence-corrected chi connectivity index (χ1v) is 5.74. The van der Waals surface area contributed by atoms with E-state index in [0.29, 0.717) is 0 Å². The fraction of sp³-hybridized carbons (Fsp3) is 0.214. The second-order valence-corrected chi connectivity index (χ2v) is 4.42. The van der Waals surface area contributed by atoms with Gasteiger partial charge in [-0.3, -0.25) is 0 Å². The highest BCUT2D eigenvalue weighted by Gasteiger charge is 2.25. The SMILES string of the molecule is Nc1cccc2c1CCC2c1ccnc(F)c1. The first kappa shape index (κ1) is 10.3. The van der Waals surface area contributed by atoms with Crippen molar-refractivity contribution in [2.45, 2.75) is 18.8 Å². The summed E-state index contributed by atoms with van der Waals surface area (Å²) in [6, 6.07) is 9.37. The molecule has 1 aromatic heterocycles. The highest BCUT2D eigenvalue weighted by molar-refractivity contribution is 5.56. The zero-order chi connectivity index (χ0) is 11.8. The molecule has 1 atom stereocenters. The summed E-state index contributed by atoms with van der Waals surface area (Å²) in [7, 11) is 0. The van der Waals surface area contributed by atoms with Crippen molar-refractivity contribution in [1.82, 2.24) is 4.98 Å². The molecule has 0 saturated heterocycles. The zero-order valence-corrected chi connectivity index (χ0v) is 9.36. The molecule has 0 spiro atoms. The molecule has 2 N–H and O–H groups in total. The highest BCUT2D eigenvalue weighted by atomic mass is 19.1. The van der Waals surface area contributed by atoms with E-state index in [-0.39, 0.29) is 5.92 Å². The van der Waals surface area contributed by atoms with Crippen LogP contribution in [0.5, 0.6) is 0 Å². The molecule has 1 aliphatic carbocycles. The van der Waals surface area contributed by atoms with Gasteiger partial charge in [-0.25, -0.2) is 4.98 Å². The van der Waals surface area contributed by atoms with E-state index in [0.717, 1.165) is 24.1 Å². The molecular formula is C14H13FN2. The number of halogens is 1. The summed E-state index contributed by atoms with van der Waals surface area (Å²) in [4.78, 5) is 3.59. The summed E-state index contributed by atoms with van der Waals surface area (Å²) in [5.41, 5.74) is 10.2. The standard InChI is InChI=1S/C14H13FN2/c15-14-8-9(6-7-17-14)10-4-5-12-11(10)2-1-3-13(12)16/h1-3,6-8,10H,4-5,16H2. The van der Waals surface area contributed by atoms with Crippen molar-refractivity contribution in [2.24, 2.45) is 0 Å². The molecule has 0 radical (unpaired) electrons. The quantitative estimate of drug-likeness (QED) is 0.602. The van der Waals surface area contributed by atoms with E-state index in [1.54, 1.807) is 0 Å². The Morgan fingerprint density at radius 1 is 1.29 bits per heavy atom. The Hall–Kier alpha value is -1.90. The van der Waals surface area contributed by atoms with Gasteiger partial charge in [-0.05, 0) is 47.7 Å². The molecule has 0 fully saturated rings. The second kappa shape index (κ2) is 3.84. The molecule has 3 rings (SSSR count). The third kappa shape index (κ3) is 1.68.